The number of rotatable bonds is 8. The summed E-state index contributed by atoms with van der Waals surface area (Å²) >= 11 is 0. The lowest BCUT2D eigenvalue weighted by Crippen LogP contribution is -2.33. The minimum Gasteiger partial charge on any atom is -0.514 e. The number of aliphatic hydroxyl groups excluding tert-OH is 1. The molecule has 0 saturated heterocycles. The van der Waals surface area contributed by atoms with Crippen molar-refractivity contribution >= 4 is 24.1 Å². The van der Waals surface area contributed by atoms with Gasteiger partial charge in [-0.25, -0.2) is 9.18 Å². The van der Waals surface area contributed by atoms with Gasteiger partial charge < -0.3 is 24.6 Å². The van der Waals surface area contributed by atoms with Gasteiger partial charge in [0.2, 0.25) is 0 Å². The molecule has 1 aliphatic heterocycles. The van der Waals surface area contributed by atoms with Crippen LogP contribution in [0.4, 0.5) is 4.39 Å². The van der Waals surface area contributed by atoms with Crippen LogP contribution in [0.25, 0.3) is 0 Å². The van der Waals surface area contributed by atoms with E-state index in [1.807, 2.05) is 44.2 Å². The molecule has 10 heteroatoms. The Morgan fingerprint density at radius 3 is 2.29 bits per heavy atom. The molecule has 1 aliphatic rings. The molecule has 3 rings (SSSR count). The SMILES string of the molecule is CC.CC(=O)O.CCOC(=O)/C1=C(\OCc2ccccc2)CN=C/C(Cc2ccc(F)cc2)=C\CN(/C=C\O)C1=O. The lowest BCUT2D eigenvalue weighted by Gasteiger charge is -2.21. The van der Waals surface area contributed by atoms with Crippen molar-refractivity contribution in [1.82, 2.24) is 4.90 Å². The van der Waals surface area contributed by atoms with Gasteiger partial charge in [-0.1, -0.05) is 62.4 Å². The molecule has 0 aromatic heterocycles. The lowest BCUT2D eigenvalue weighted by molar-refractivity contribution is -0.142. The van der Waals surface area contributed by atoms with E-state index >= 15 is 0 Å². The number of carboxylic acid groups (broad SMARTS) is 1. The molecule has 2 aromatic rings. The summed E-state index contributed by atoms with van der Waals surface area (Å²) < 4.78 is 24.3. The molecule has 41 heavy (non-hydrogen) atoms. The minimum atomic E-state index is -0.833. The first-order chi connectivity index (χ1) is 19.7. The molecule has 1 amide bonds. The number of hydrogen-bond acceptors (Lipinski definition) is 7. The number of carbonyl (C=O) groups excluding carboxylic acids is 2. The van der Waals surface area contributed by atoms with Crippen molar-refractivity contribution in [2.24, 2.45) is 4.99 Å². The summed E-state index contributed by atoms with van der Waals surface area (Å²) in [5.41, 5.74) is 2.19. The Bertz CT molecular complexity index is 1230. The highest BCUT2D eigenvalue weighted by molar-refractivity contribution is 6.17. The number of ether oxygens (including phenoxy) is 2. The summed E-state index contributed by atoms with van der Waals surface area (Å²) in [5, 5.41) is 16.8. The van der Waals surface area contributed by atoms with Gasteiger partial charge in [0.15, 0.2) is 5.57 Å². The first kappa shape index (κ1) is 34.3. The van der Waals surface area contributed by atoms with Gasteiger partial charge in [0.05, 0.1) is 19.4 Å². The molecular weight excluding hydrogens is 531 g/mol. The third-order valence-electron chi connectivity index (χ3n) is 5.10. The number of aliphatic hydroxyl groups is 1. The average molecular weight is 569 g/mol. The van der Waals surface area contributed by atoms with E-state index in [0.29, 0.717) is 6.42 Å². The number of nitrogens with zero attached hydrogens (tertiary/aromatic N) is 2. The van der Waals surface area contributed by atoms with Gasteiger partial charge in [-0.3, -0.25) is 14.6 Å². The molecule has 220 valence electrons. The Hall–Kier alpha value is -4.73. The number of carbonyl (C=O) groups is 3. The zero-order valence-electron chi connectivity index (χ0n) is 23.7. The maximum atomic E-state index is 13.4. The highest BCUT2D eigenvalue weighted by atomic mass is 19.1. The molecule has 1 heterocycles. The van der Waals surface area contributed by atoms with Gasteiger partial charge in [-0.2, -0.15) is 0 Å². The zero-order valence-corrected chi connectivity index (χ0v) is 23.7. The largest absolute Gasteiger partial charge is 0.514 e. The van der Waals surface area contributed by atoms with E-state index < -0.39 is 17.8 Å². The number of halogens is 1. The fourth-order valence-electron chi connectivity index (χ4n) is 3.37. The summed E-state index contributed by atoms with van der Waals surface area (Å²) in [7, 11) is 0. The van der Waals surface area contributed by atoms with E-state index in [-0.39, 0.29) is 43.5 Å². The highest BCUT2D eigenvalue weighted by Gasteiger charge is 2.29. The second-order valence-electron chi connectivity index (χ2n) is 8.12. The van der Waals surface area contributed by atoms with Gasteiger partial charge in [-0.15, -0.1) is 0 Å². The van der Waals surface area contributed by atoms with Crippen molar-refractivity contribution in [3.63, 3.8) is 0 Å². The van der Waals surface area contributed by atoms with E-state index in [2.05, 4.69) is 4.99 Å². The molecule has 0 spiro atoms. The number of allylic oxidation sites excluding steroid dienone is 1. The summed E-state index contributed by atoms with van der Waals surface area (Å²) in [6.07, 6.45) is 5.72. The standard InChI is InChI=1S/C27H27FN2O5.C2H4O2.C2H6/c1-2-34-27(33)25-24(35-19-21-6-4-3-5-7-21)18-29-17-22(12-13-30(14-15-31)26(25)32)16-20-8-10-23(28)11-9-20;1-2(3)4;1-2/h3-12,14-15,17,31H,2,13,16,18-19H2,1H3;1H3,(H,3,4);1-2H3/b15-14-,22-12-,25-24-,29-17?;;. The molecule has 0 atom stereocenters. The predicted molar refractivity (Wildman–Crippen MR) is 155 cm³/mol. The van der Waals surface area contributed by atoms with Crippen molar-refractivity contribution in [2.75, 3.05) is 19.7 Å². The second kappa shape index (κ2) is 19.3. The number of carboxylic acids is 1. The van der Waals surface area contributed by atoms with Crippen LogP contribution in [0.3, 0.4) is 0 Å². The Labute approximate surface area is 239 Å². The average Bonchev–Trinajstić information content (AvgIpc) is 2.95. The Kier molecular flexibility index (Phi) is 16.2. The normalized spacial score (nSPS) is 16.4. The molecule has 0 saturated carbocycles. The van der Waals surface area contributed by atoms with E-state index in [0.717, 1.165) is 29.9 Å². The second-order valence-corrected chi connectivity index (χ2v) is 8.12. The molecule has 0 unspecified atom stereocenters. The molecule has 0 bridgehead atoms. The molecule has 0 aliphatic carbocycles. The van der Waals surface area contributed by atoms with Crippen LogP contribution >= 0.6 is 0 Å². The van der Waals surface area contributed by atoms with E-state index in [1.165, 1.54) is 23.2 Å². The molecule has 2 N–H and O–H groups in total. The van der Waals surface area contributed by atoms with Crippen molar-refractivity contribution in [3.8, 4) is 0 Å². The number of amides is 1. The Morgan fingerprint density at radius 2 is 1.71 bits per heavy atom. The van der Waals surface area contributed by atoms with Crippen LogP contribution in [-0.2, 0) is 36.9 Å². The van der Waals surface area contributed by atoms with Crippen molar-refractivity contribution in [3.05, 3.63) is 107 Å². The van der Waals surface area contributed by atoms with Crippen molar-refractivity contribution < 1.29 is 38.5 Å². The summed E-state index contributed by atoms with van der Waals surface area (Å²) in [6.45, 7) is 6.89. The summed E-state index contributed by atoms with van der Waals surface area (Å²) in [6, 6.07) is 15.4. The number of aliphatic imine (C=N–C) groups is 1. The molecular formula is C31H37FN2O7. The number of aliphatic carboxylic acids is 1. The van der Waals surface area contributed by atoms with Gasteiger partial charge in [-0.05, 0) is 42.2 Å². The topological polar surface area (TPSA) is 126 Å². The monoisotopic (exact) mass is 568 g/mol. The molecule has 0 radical (unpaired) electrons. The van der Waals surface area contributed by atoms with Gasteiger partial charge in [0, 0.05) is 25.9 Å². The first-order valence-electron chi connectivity index (χ1n) is 13.1. The number of esters is 1. The fourth-order valence-corrected chi connectivity index (χ4v) is 3.37. The number of hydrogen-bond donors (Lipinski definition) is 2. The smallest absolute Gasteiger partial charge is 0.347 e. The number of benzene rings is 2. The van der Waals surface area contributed by atoms with Crippen LogP contribution in [0.1, 0.15) is 38.8 Å². The highest BCUT2D eigenvalue weighted by Crippen LogP contribution is 2.18. The van der Waals surface area contributed by atoms with Crippen LogP contribution in [0, 0.1) is 5.82 Å². The minimum absolute atomic E-state index is 0.0489. The maximum absolute atomic E-state index is 13.4. The predicted octanol–water partition coefficient (Wildman–Crippen LogP) is 5.39. The Morgan fingerprint density at radius 1 is 1.07 bits per heavy atom. The maximum Gasteiger partial charge on any atom is 0.347 e. The van der Waals surface area contributed by atoms with E-state index in [9.17, 15) is 19.1 Å². The van der Waals surface area contributed by atoms with Crippen LogP contribution in [0.5, 0.6) is 0 Å². The van der Waals surface area contributed by atoms with Crippen LogP contribution in [0.2, 0.25) is 0 Å². The van der Waals surface area contributed by atoms with Crippen LogP contribution < -0.4 is 0 Å². The molecule has 9 nitrogen and oxygen atoms in total. The van der Waals surface area contributed by atoms with Crippen LogP contribution in [-0.4, -0.2) is 58.9 Å². The van der Waals surface area contributed by atoms with Gasteiger partial charge in [0.25, 0.3) is 11.9 Å². The molecule has 2 aromatic carbocycles. The van der Waals surface area contributed by atoms with Gasteiger partial charge >= 0.3 is 5.97 Å². The first-order valence-corrected chi connectivity index (χ1v) is 13.1. The van der Waals surface area contributed by atoms with E-state index in [1.54, 1.807) is 31.3 Å². The quantitative estimate of drug-likeness (QED) is 0.249. The summed E-state index contributed by atoms with van der Waals surface area (Å²) in [5.74, 6) is -2.62. The lowest BCUT2D eigenvalue weighted by atomic mass is 10.0. The van der Waals surface area contributed by atoms with Crippen molar-refractivity contribution in [2.45, 2.75) is 40.7 Å². The fraction of sp³-hybridized carbons (Fsp3) is 0.290. The zero-order chi connectivity index (χ0) is 30.6. The Balaban J connectivity index is 0.00000129. The summed E-state index contributed by atoms with van der Waals surface area (Å²) in [4.78, 5) is 40.8. The third-order valence-corrected chi connectivity index (χ3v) is 5.10. The van der Waals surface area contributed by atoms with Crippen LogP contribution in [0.15, 0.2) is 95.0 Å². The van der Waals surface area contributed by atoms with Crippen molar-refractivity contribution in [1.29, 1.82) is 0 Å². The van der Waals surface area contributed by atoms with Gasteiger partial charge in [0.1, 0.15) is 18.2 Å². The van der Waals surface area contributed by atoms with E-state index in [4.69, 9.17) is 19.4 Å². The molecule has 0 fully saturated rings. The third kappa shape index (κ3) is 12.8.